The summed E-state index contributed by atoms with van der Waals surface area (Å²) in [6.07, 6.45) is -9.51. The quantitative estimate of drug-likeness (QED) is 0.363. The molecule has 0 amide bonds. The predicted octanol–water partition coefficient (Wildman–Crippen LogP) is 4.87. The van der Waals surface area contributed by atoms with Crippen LogP contribution in [-0.4, -0.2) is 51.2 Å². The molecule has 35 heavy (non-hydrogen) atoms. The van der Waals surface area contributed by atoms with Gasteiger partial charge in [-0.1, -0.05) is 11.2 Å². The topological polar surface area (TPSA) is 80.7 Å². The second-order valence-electron chi connectivity index (χ2n) is 8.26. The molecule has 1 saturated heterocycles. The fourth-order valence-electron chi connectivity index (χ4n) is 3.86. The minimum absolute atomic E-state index is 0.0208. The number of hydrogen-bond acceptors (Lipinski definition) is 7. The number of rotatable bonds is 7. The summed E-state index contributed by atoms with van der Waals surface area (Å²) in [5.41, 5.74) is -0.969. The Labute approximate surface area is 195 Å². The molecule has 4 heterocycles. The third kappa shape index (κ3) is 5.15. The van der Waals surface area contributed by atoms with Crippen molar-refractivity contribution >= 4 is 17.5 Å². The maximum absolute atomic E-state index is 13.5. The van der Waals surface area contributed by atoms with Gasteiger partial charge in [0, 0.05) is 25.1 Å². The van der Waals surface area contributed by atoms with Crippen LogP contribution in [0.1, 0.15) is 24.7 Å². The van der Waals surface area contributed by atoms with Gasteiger partial charge in [0.2, 0.25) is 11.8 Å². The van der Waals surface area contributed by atoms with Gasteiger partial charge in [0.1, 0.15) is 5.69 Å². The lowest BCUT2D eigenvalue weighted by atomic mass is 9.99. The van der Waals surface area contributed by atoms with E-state index in [0.717, 1.165) is 18.7 Å². The average molecular weight is 504 g/mol. The summed E-state index contributed by atoms with van der Waals surface area (Å²) in [7, 11) is 0. The lowest BCUT2D eigenvalue weighted by molar-refractivity contribution is -0.189. The molecular formula is C21H22F6N6O2. The highest BCUT2D eigenvalue weighted by Crippen LogP contribution is 2.35. The number of aryl methyl sites for hydroxylation is 1. The molecule has 14 heteroatoms. The number of ether oxygens (including phenoxy) is 1. The number of halogens is 6. The van der Waals surface area contributed by atoms with Crippen molar-refractivity contribution in [3.8, 4) is 5.75 Å². The zero-order chi connectivity index (χ0) is 25.5. The molecular weight excluding hydrogens is 482 g/mol. The summed E-state index contributed by atoms with van der Waals surface area (Å²) in [4.78, 5) is 6.00. The van der Waals surface area contributed by atoms with Crippen LogP contribution >= 0.6 is 0 Å². The van der Waals surface area contributed by atoms with E-state index in [9.17, 15) is 26.3 Å². The molecule has 0 radical (unpaired) electrons. The van der Waals surface area contributed by atoms with Crippen molar-refractivity contribution < 1.29 is 35.6 Å². The Balaban J connectivity index is 1.61. The van der Waals surface area contributed by atoms with E-state index in [1.165, 1.54) is 0 Å². The van der Waals surface area contributed by atoms with Gasteiger partial charge in [-0.3, -0.25) is 0 Å². The van der Waals surface area contributed by atoms with Gasteiger partial charge in [-0.05, 0) is 32.4 Å². The fourth-order valence-corrected chi connectivity index (χ4v) is 3.86. The van der Waals surface area contributed by atoms with E-state index in [-0.39, 0.29) is 11.9 Å². The summed E-state index contributed by atoms with van der Waals surface area (Å²) in [5, 5.41) is 10.7. The molecule has 0 aromatic carbocycles. The number of pyridine rings is 1. The SMILES string of the molecule is C=C[C@@H](Nc1nc2c(OC(C)C(F)(F)F)ccc(C(F)(F)F)n2n1)[C@H]1CCN(c2cc(C)no2)C1. The molecule has 1 aliphatic rings. The largest absolute Gasteiger partial charge is 0.477 e. The number of alkyl halides is 6. The van der Waals surface area contributed by atoms with Gasteiger partial charge in [-0.2, -0.15) is 31.3 Å². The molecule has 0 bridgehead atoms. The molecule has 3 atom stereocenters. The van der Waals surface area contributed by atoms with Gasteiger partial charge >= 0.3 is 12.4 Å². The van der Waals surface area contributed by atoms with Crippen LogP contribution in [0.5, 0.6) is 5.75 Å². The fraction of sp³-hybridized carbons (Fsp3) is 0.476. The van der Waals surface area contributed by atoms with Crippen LogP contribution < -0.4 is 15.0 Å². The number of anilines is 2. The van der Waals surface area contributed by atoms with Gasteiger partial charge in [0.15, 0.2) is 17.5 Å². The number of fused-ring (bicyclic) bond motifs is 1. The highest BCUT2D eigenvalue weighted by molar-refractivity contribution is 5.57. The Morgan fingerprint density at radius 3 is 2.60 bits per heavy atom. The minimum atomic E-state index is -4.82. The zero-order valence-electron chi connectivity index (χ0n) is 18.7. The van der Waals surface area contributed by atoms with Gasteiger partial charge in [0.25, 0.3) is 0 Å². The van der Waals surface area contributed by atoms with Gasteiger partial charge < -0.3 is 19.5 Å². The van der Waals surface area contributed by atoms with Crippen molar-refractivity contribution in [1.82, 2.24) is 19.8 Å². The standard InChI is InChI=1S/C21H22F6N6O2/c1-4-14(13-7-8-32(10-13)17-9-11(2)31-35-17)28-19-29-18-15(34-12(3)20(22,23)24)5-6-16(21(25,26)27)33(18)30-19/h4-6,9,12-14H,1,7-8,10H2,2-3H3,(H,28,30)/t12?,13-,14+/m0/s1. The summed E-state index contributed by atoms with van der Waals surface area (Å²) in [6.45, 7) is 7.55. The first-order valence-corrected chi connectivity index (χ1v) is 10.6. The summed E-state index contributed by atoms with van der Waals surface area (Å²) < 4.78 is 90.1. The molecule has 1 N–H and O–H groups in total. The van der Waals surface area contributed by atoms with E-state index in [0.29, 0.717) is 36.0 Å². The lowest BCUT2D eigenvalue weighted by Crippen LogP contribution is -2.31. The van der Waals surface area contributed by atoms with Crippen molar-refractivity contribution in [2.75, 3.05) is 23.3 Å². The molecule has 190 valence electrons. The third-order valence-electron chi connectivity index (χ3n) is 5.71. The lowest BCUT2D eigenvalue weighted by Gasteiger charge is -2.21. The van der Waals surface area contributed by atoms with Crippen molar-refractivity contribution in [3.63, 3.8) is 0 Å². The van der Waals surface area contributed by atoms with E-state index in [4.69, 9.17) is 9.26 Å². The predicted molar refractivity (Wildman–Crippen MR) is 113 cm³/mol. The average Bonchev–Trinajstić information content (AvgIpc) is 3.49. The maximum Gasteiger partial charge on any atom is 0.433 e. The van der Waals surface area contributed by atoms with E-state index in [1.807, 2.05) is 4.90 Å². The Kier molecular flexibility index (Phi) is 6.32. The molecule has 0 aliphatic carbocycles. The van der Waals surface area contributed by atoms with E-state index >= 15 is 0 Å². The summed E-state index contributed by atoms with van der Waals surface area (Å²) in [6, 6.07) is 2.76. The smallest absolute Gasteiger partial charge is 0.433 e. The van der Waals surface area contributed by atoms with Crippen LogP contribution in [0.15, 0.2) is 35.4 Å². The first-order valence-electron chi connectivity index (χ1n) is 10.6. The Bertz CT molecular complexity index is 1200. The van der Waals surface area contributed by atoms with Gasteiger partial charge in [0.05, 0.1) is 11.7 Å². The molecule has 8 nitrogen and oxygen atoms in total. The highest BCUT2D eigenvalue weighted by atomic mass is 19.4. The summed E-state index contributed by atoms with van der Waals surface area (Å²) >= 11 is 0. The van der Waals surface area contributed by atoms with E-state index < -0.39 is 41.6 Å². The maximum atomic E-state index is 13.5. The Morgan fingerprint density at radius 1 is 1.26 bits per heavy atom. The van der Waals surface area contributed by atoms with Crippen LogP contribution in [-0.2, 0) is 6.18 Å². The van der Waals surface area contributed by atoms with Crippen molar-refractivity contribution in [3.05, 3.63) is 42.2 Å². The summed E-state index contributed by atoms with van der Waals surface area (Å²) in [5.74, 6) is -0.0991. The third-order valence-corrected chi connectivity index (χ3v) is 5.71. The van der Waals surface area contributed by atoms with Gasteiger partial charge in [-0.15, -0.1) is 11.7 Å². The molecule has 1 unspecified atom stereocenters. The minimum Gasteiger partial charge on any atom is -0.477 e. The normalized spacial score (nSPS) is 18.6. The van der Waals surface area contributed by atoms with Crippen LogP contribution in [0.4, 0.5) is 38.2 Å². The van der Waals surface area contributed by atoms with Crippen molar-refractivity contribution in [2.45, 2.75) is 44.8 Å². The molecule has 3 aromatic heterocycles. The number of aromatic nitrogens is 4. The second-order valence-corrected chi connectivity index (χ2v) is 8.26. The number of hydrogen-bond donors (Lipinski definition) is 1. The number of nitrogens with one attached hydrogen (secondary N) is 1. The van der Waals surface area contributed by atoms with Crippen molar-refractivity contribution in [1.29, 1.82) is 0 Å². The Hall–Kier alpha value is -3.45. The van der Waals surface area contributed by atoms with Crippen LogP contribution in [0.3, 0.4) is 0 Å². The van der Waals surface area contributed by atoms with Crippen LogP contribution in [0.2, 0.25) is 0 Å². The molecule has 4 rings (SSSR count). The van der Waals surface area contributed by atoms with Crippen LogP contribution in [0, 0.1) is 12.8 Å². The van der Waals surface area contributed by atoms with E-state index in [2.05, 4.69) is 27.1 Å². The molecule has 0 saturated carbocycles. The molecule has 1 fully saturated rings. The monoisotopic (exact) mass is 504 g/mol. The number of nitrogens with zero attached hydrogens (tertiary/aromatic N) is 5. The highest BCUT2D eigenvalue weighted by Gasteiger charge is 2.40. The first-order chi connectivity index (χ1) is 16.4. The molecule has 0 spiro atoms. The molecule has 1 aliphatic heterocycles. The first kappa shape index (κ1) is 24.7. The van der Waals surface area contributed by atoms with Crippen LogP contribution in [0.25, 0.3) is 5.65 Å². The molecule has 3 aromatic rings. The second kappa shape index (κ2) is 8.96. The van der Waals surface area contributed by atoms with E-state index in [1.54, 1.807) is 19.1 Å². The van der Waals surface area contributed by atoms with Gasteiger partial charge in [-0.25, -0.2) is 4.52 Å². The zero-order valence-corrected chi connectivity index (χ0v) is 18.7. The Morgan fingerprint density at radius 2 is 2.00 bits per heavy atom. The van der Waals surface area contributed by atoms with Crippen molar-refractivity contribution in [2.24, 2.45) is 5.92 Å².